The first-order valence-electron chi connectivity index (χ1n) is 18.2. The third kappa shape index (κ3) is 6.28. The van der Waals surface area contributed by atoms with Crippen molar-refractivity contribution in [1.29, 1.82) is 0 Å². The van der Waals surface area contributed by atoms with Crippen molar-refractivity contribution in [3.63, 3.8) is 0 Å². The molecule has 4 aliphatic heterocycles. The molecule has 5 bridgehead atoms. The average molecular weight is 682 g/mol. The number of aliphatic hydroxyl groups excluding tert-OH is 1. The number of cyclic esters (lactones) is 1. The van der Waals surface area contributed by atoms with Crippen molar-refractivity contribution in [3.8, 4) is 0 Å². The summed E-state index contributed by atoms with van der Waals surface area (Å²) in [6.45, 7) is 1.75. The fourth-order valence-electron chi connectivity index (χ4n) is 8.88. The number of carbonyl (C=O) groups is 4. The van der Waals surface area contributed by atoms with Crippen molar-refractivity contribution in [3.05, 3.63) is 96.1 Å². The molecule has 2 aromatic carbocycles. The lowest BCUT2D eigenvalue weighted by molar-refractivity contribution is -0.162. The van der Waals surface area contributed by atoms with Crippen LogP contribution >= 0.6 is 0 Å². The molecule has 1 spiro atoms. The van der Waals surface area contributed by atoms with Crippen molar-refractivity contribution in [1.82, 2.24) is 15.1 Å². The van der Waals surface area contributed by atoms with Gasteiger partial charge in [0.2, 0.25) is 17.7 Å². The Morgan fingerprint density at radius 1 is 0.940 bits per heavy atom. The Kier molecular flexibility index (Phi) is 9.93. The van der Waals surface area contributed by atoms with Gasteiger partial charge in [0.15, 0.2) is 0 Å². The van der Waals surface area contributed by atoms with Gasteiger partial charge in [0.25, 0.3) is 0 Å². The van der Waals surface area contributed by atoms with Gasteiger partial charge in [0, 0.05) is 19.0 Å². The van der Waals surface area contributed by atoms with Gasteiger partial charge in [-0.3, -0.25) is 19.2 Å². The van der Waals surface area contributed by atoms with Crippen molar-refractivity contribution in [2.45, 2.75) is 100 Å². The van der Waals surface area contributed by atoms with Crippen LogP contribution in [-0.2, 0) is 35.1 Å². The number of nitrogens with one attached hydrogen (secondary N) is 1. The zero-order valence-electron chi connectivity index (χ0n) is 28.6. The van der Waals surface area contributed by atoms with Crippen LogP contribution in [0.4, 0.5) is 0 Å². The summed E-state index contributed by atoms with van der Waals surface area (Å²) < 4.78 is 12.9. The van der Waals surface area contributed by atoms with Crippen LogP contribution in [0.3, 0.4) is 0 Å². The minimum atomic E-state index is -1.40. The third-order valence-corrected chi connectivity index (χ3v) is 11.3. The van der Waals surface area contributed by atoms with Crippen molar-refractivity contribution in [2.75, 3.05) is 13.2 Å². The van der Waals surface area contributed by atoms with Gasteiger partial charge >= 0.3 is 5.97 Å². The Morgan fingerprint density at radius 3 is 2.38 bits per heavy atom. The predicted octanol–water partition coefficient (Wildman–Crippen LogP) is 4.04. The number of hydrogen-bond acceptors (Lipinski definition) is 7. The van der Waals surface area contributed by atoms with Crippen LogP contribution in [0.2, 0.25) is 0 Å². The van der Waals surface area contributed by atoms with E-state index in [0.717, 1.165) is 37.7 Å². The third-order valence-electron chi connectivity index (χ3n) is 11.3. The fourth-order valence-corrected chi connectivity index (χ4v) is 8.88. The maximum Gasteiger partial charge on any atom is 0.313 e. The normalized spacial score (nSPS) is 33.2. The Hall–Kier alpha value is -4.28. The molecule has 5 aliphatic rings. The minimum Gasteiger partial charge on any atom is -0.455 e. The Morgan fingerprint density at radius 2 is 1.66 bits per heavy atom. The van der Waals surface area contributed by atoms with E-state index in [0.29, 0.717) is 24.9 Å². The van der Waals surface area contributed by atoms with E-state index in [2.05, 4.69) is 5.32 Å². The number of hydrogen-bond donors (Lipinski definition) is 2. The molecule has 4 heterocycles. The molecule has 0 radical (unpaired) electrons. The first kappa shape index (κ1) is 34.2. The smallest absolute Gasteiger partial charge is 0.313 e. The number of aliphatic hydroxyl groups is 1. The van der Waals surface area contributed by atoms with Crippen LogP contribution in [-0.4, -0.2) is 87.6 Å². The molecule has 8 atom stereocenters. The lowest BCUT2D eigenvalue weighted by Crippen LogP contribution is -2.60. The number of benzene rings is 2. The number of rotatable bonds is 6. The number of allylic oxidation sites excluding steroid dienone is 1. The van der Waals surface area contributed by atoms with E-state index in [1.807, 2.05) is 83.8 Å². The second kappa shape index (κ2) is 14.5. The first-order chi connectivity index (χ1) is 24.3. The summed E-state index contributed by atoms with van der Waals surface area (Å²) in [5.41, 5.74) is 0.221. The molecule has 1 aliphatic carbocycles. The maximum absolute atomic E-state index is 15.2. The van der Waals surface area contributed by atoms with Gasteiger partial charge in [-0.05, 0) is 43.7 Å². The summed E-state index contributed by atoms with van der Waals surface area (Å²) in [4.78, 5) is 60.9. The fraction of sp³-hybridized carbons (Fsp3) is 0.500. The second-order valence-electron chi connectivity index (χ2n) is 14.4. The zero-order valence-corrected chi connectivity index (χ0v) is 28.6. The molecule has 3 amide bonds. The monoisotopic (exact) mass is 681 g/mol. The van der Waals surface area contributed by atoms with Crippen molar-refractivity contribution in [2.24, 2.45) is 11.8 Å². The highest BCUT2D eigenvalue weighted by Gasteiger charge is 2.74. The summed E-state index contributed by atoms with van der Waals surface area (Å²) in [6.07, 6.45) is 11.7. The molecule has 2 saturated heterocycles. The molecule has 10 nitrogen and oxygen atoms in total. The van der Waals surface area contributed by atoms with E-state index >= 15 is 4.79 Å². The van der Waals surface area contributed by atoms with Crippen LogP contribution in [0.25, 0.3) is 0 Å². The topological polar surface area (TPSA) is 125 Å². The van der Waals surface area contributed by atoms with Gasteiger partial charge in [0.05, 0.1) is 30.7 Å². The molecule has 0 aromatic heterocycles. The summed E-state index contributed by atoms with van der Waals surface area (Å²) in [5, 5.41) is 13.9. The van der Waals surface area contributed by atoms with Crippen LogP contribution in [0, 0.1) is 11.8 Å². The molecule has 7 rings (SSSR count). The molecular weight excluding hydrogens is 634 g/mol. The van der Waals surface area contributed by atoms with E-state index in [9.17, 15) is 19.5 Å². The number of carbonyl (C=O) groups excluding carboxylic acids is 4. The van der Waals surface area contributed by atoms with E-state index < -0.39 is 59.6 Å². The molecule has 3 fully saturated rings. The van der Waals surface area contributed by atoms with Gasteiger partial charge in [-0.15, -0.1) is 0 Å². The quantitative estimate of drug-likeness (QED) is 0.348. The highest BCUT2D eigenvalue weighted by molar-refractivity contribution is 5.99. The molecule has 50 heavy (non-hydrogen) atoms. The number of amides is 3. The zero-order chi connectivity index (χ0) is 34.8. The molecule has 2 aromatic rings. The van der Waals surface area contributed by atoms with Crippen molar-refractivity contribution < 1.29 is 33.8 Å². The predicted molar refractivity (Wildman–Crippen MR) is 185 cm³/mol. The first-order valence-corrected chi connectivity index (χ1v) is 18.2. The minimum absolute atomic E-state index is 0.0313. The molecular formula is C40H47N3O7. The van der Waals surface area contributed by atoms with E-state index in [1.165, 1.54) is 4.90 Å². The second-order valence-corrected chi connectivity index (χ2v) is 14.4. The molecule has 0 unspecified atom stereocenters. The van der Waals surface area contributed by atoms with E-state index in [-0.39, 0.29) is 30.9 Å². The van der Waals surface area contributed by atoms with E-state index in [4.69, 9.17) is 9.47 Å². The van der Waals surface area contributed by atoms with Crippen LogP contribution in [0.5, 0.6) is 0 Å². The van der Waals surface area contributed by atoms with E-state index in [1.54, 1.807) is 13.0 Å². The summed E-state index contributed by atoms with van der Waals surface area (Å²) in [5.74, 6) is -3.49. The summed E-state index contributed by atoms with van der Waals surface area (Å²) >= 11 is 0. The van der Waals surface area contributed by atoms with Gasteiger partial charge in [-0.1, -0.05) is 104 Å². The van der Waals surface area contributed by atoms with Gasteiger partial charge in [0.1, 0.15) is 23.7 Å². The molecule has 1 saturated carbocycles. The number of esters is 1. The Balaban J connectivity index is 1.32. The molecule has 2 N–H and O–H groups in total. The van der Waals surface area contributed by atoms with Crippen LogP contribution in [0.15, 0.2) is 85.0 Å². The largest absolute Gasteiger partial charge is 0.455 e. The van der Waals surface area contributed by atoms with Gasteiger partial charge in [-0.2, -0.15) is 0 Å². The van der Waals surface area contributed by atoms with Crippen molar-refractivity contribution >= 4 is 23.7 Å². The number of ether oxygens (including phenoxy) is 2. The maximum atomic E-state index is 15.2. The van der Waals surface area contributed by atoms with Gasteiger partial charge in [-0.25, -0.2) is 0 Å². The number of nitrogens with zero attached hydrogens (tertiary/aromatic N) is 2. The van der Waals surface area contributed by atoms with Crippen LogP contribution in [0.1, 0.15) is 69.1 Å². The average Bonchev–Trinajstić information content (AvgIpc) is 3.79. The number of fused-ring (bicyclic) bond motifs is 2. The van der Waals surface area contributed by atoms with Gasteiger partial charge < -0.3 is 29.7 Å². The van der Waals surface area contributed by atoms with Crippen LogP contribution < -0.4 is 5.32 Å². The number of likely N-dealkylation sites (tertiary alicyclic amines) is 1. The lowest BCUT2D eigenvalue weighted by Gasteiger charge is -2.42. The summed E-state index contributed by atoms with van der Waals surface area (Å²) in [7, 11) is 0. The lowest BCUT2D eigenvalue weighted by atomic mass is 9.74. The Bertz CT molecular complexity index is 1620. The highest BCUT2D eigenvalue weighted by Crippen LogP contribution is 2.56. The Labute approximate surface area is 293 Å². The summed E-state index contributed by atoms with van der Waals surface area (Å²) in [6, 6.07) is 16.4. The highest BCUT2D eigenvalue weighted by atomic mass is 16.6. The molecule has 264 valence electrons. The SMILES string of the molecule is C[C@H]1NC(=O)CC/C=C\CN(C2CCCCC2)C(=O)[C@@H]2N([C@@H](CO)Cc3ccccc3)C(=O)[C@H]3[C@H](C(=O)O[C@@H]1c1ccccc1)[C@@H]1C=C[C@]23O1. The molecule has 10 heteroatoms. The standard InChI is InChI=1S/C40H47N3O7/c1-26-35(28-16-8-3-9-17-28)49-39(48)33-31-21-22-40(50-31)34(33)37(46)43(30(25-44)24-27-14-6-2-7-15-27)36(40)38(47)42(29-18-10-4-11-19-29)23-13-5-12-20-32(45)41-26/h2-3,5-9,13-17,21-22,26,29-31,33-36,44H,4,10-12,18-20,23-25H2,1H3,(H,41,45)/b13-5-/t26-,30-,31+,33-,34-,35+,36+,40-/m1/s1.